The zero-order chi connectivity index (χ0) is 13.7. The smallest absolute Gasteiger partial charge is 0.0366 e. The van der Waals surface area contributed by atoms with Crippen LogP contribution in [0, 0.1) is 5.92 Å². The molecule has 0 amide bonds. The van der Waals surface area contributed by atoms with Gasteiger partial charge >= 0.3 is 0 Å². The fourth-order valence-corrected chi connectivity index (χ4v) is 2.79. The van der Waals surface area contributed by atoms with Crippen LogP contribution in [-0.4, -0.2) is 25.7 Å². The minimum absolute atomic E-state index is 0.623. The third-order valence-corrected chi connectivity index (χ3v) is 4.47. The molecule has 1 N–H and O–H groups in total. The molecule has 1 aliphatic rings. The van der Waals surface area contributed by atoms with E-state index in [0.29, 0.717) is 6.04 Å². The summed E-state index contributed by atoms with van der Waals surface area (Å²) in [5, 5.41) is 3.71. The molecule has 1 heterocycles. The summed E-state index contributed by atoms with van der Waals surface area (Å²) in [5.74, 6) is 0.746. The van der Waals surface area contributed by atoms with Crippen LogP contribution in [0.2, 0.25) is 0 Å². The van der Waals surface area contributed by atoms with E-state index < -0.39 is 0 Å². The highest BCUT2D eigenvalue weighted by Gasteiger charge is 2.21. The van der Waals surface area contributed by atoms with Crippen LogP contribution < -0.4 is 10.2 Å². The lowest BCUT2D eigenvalue weighted by Crippen LogP contribution is -2.42. The van der Waals surface area contributed by atoms with Gasteiger partial charge in [0.15, 0.2) is 0 Å². The van der Waals surface area contributed by atoms with Crippen molar-refractivity contribution in [3.05, 3.63) is 29.8 Å². The summed E-state index contributed by atoms with van der Waals surface area (Å²) >= 11 is 0. The summed E-state index contributed by atoms with van der Waals surface area (Å²) in [6, 6.07) is 9.74. The molecule has 0 spiro atoms. The van der Waals surface area contributed by atoms with Crippen LogP contribution in [0.3, 0.4) is 0 Å². The molecule has 106 valence electrons. The van der Waals surface area contributed by atoms with E-state index in [-0.39, 0.29) is 0 Å². The van der Waals surface area contributed by atoms with Crippen LogP contribution in [0.5, 0.6) is 0 Å². The maximum Gasteiger partial charge on any atom is 0.0366 e. The van der Waals surface area contributed by atoms with E-state index >= 15 is 0 Å². The fraction of sp³-hybridized carbons (Fsp3) is 0.647. The predicted octanol–water partition coefficient (Wildman–Crippen LogP) is 3.46. The first kappa shape index (κ1) is 14.4. The lowest BCUT2D eigenvalue weighted by Gasteiger charge is -2.29. The Balaban J connectivity index is 2.08. The molecule has 0 aromatic heterocycles. The summed E-state index contributed by atoms with van der Waals surface area (Å²) in [7, 11) is 0. The molecule has 2 heteroatoms. The van der Waals surface area contributed by atoms with Gasteiger partial charge in [-0.2, -0.15) is 0 Å². The minimum Gasteiger partial charge on any atom is -0.370 e. The number of nitrogens with one attached hydrogen (secondary N) is 1. The van der Waals surface area contributed by atoms with Gasteiger partial charge in [-0.1, -0.05) is 39.3 Å². The van der Waals surface area contributed by atoms with Gasteiger partial charge in [0.05, 0.1) is 0 Å². The van der Waals surface area contributed by atoms with Crippen molar-refractivity contribution in [1.29, 1.82) is 0 Å². The average Bonchev–Trinajstić information content (AvgIpc) is 2.72. The lowest BCUT2D eigenvalue weighted by atomic mass is 9.99. The minimum atomic E-state index is 0.623. The Morgan fingerprint density at radius 2 is 2.00 bits per heavy atom. The summed E-state index contributed by atoms with van der Waals surface area (Å²) in [5.41, 5.74) is 2.81. The molecule has 1 aromatic carbocycles. The van der Waals surface area contributed by atoms with Gasteiger partial charge in [-0.05, 0) is 43.0 Å². The first-order valence-electron chi connectivity index (χ1n) is 7.81. The summed E-state index contributed by atoms with van der Waals surface area (Å²) in [4.78, 5) is 2.55. The van der Waals surface area contributed by atoms with E-state index in [4.69, 9.17) is 0 Å². The molecule has 0 aliphatic carbocycles. The van der Waals surface area contributed by atoms with Crippen molar-refractivity contribution in [3.8, 4) is 0 Å². The molecule has 1 aromatic rings. The molecule has 2 nitrogen and oxygen atoms in total. The number of nitrogens with zero attached hydrogens (tertiary/aromatic N) is 1. The Hall–Kier alpha value is -1.02. The van der Waals surface area contributed by atoms with Gasteiger partial charge in [-0.3, -0.25) is 0 Å². The highest BCUT2D eigenvalue weighted by Crippen LogP contribution is 2.20. The van der Waals surface area contributed by atoms with Gasteiger partial charge in [0, 0.05) is 24.8 Å². The number of aryl methyl sites for hydroxylation is 1. The molecule has 0 radical (unpaired) electrons. The first-order chi connectivity index (χ1) is 9.24. The van der Waals surface area contributed by atoms with E-state index in [0.717, 1.165) is 25.4 Å². The standard InChI is InChI=1S/C17H28N2/c1-4-14(3)17-13-19(12-6-11-18-17)16-9-7-15(5-2)8-10-16/h7-10,14,17-18H,4-6,11-13H2,1-3H3. The average molecular weight is 260 g/mol. The van der Waals surface area contributed by atoms with Crippen LogP contribution >= 0.6 is 0 Å². The van der Waals surface area contributed by atoms with Crippen molar-refractivity contribution in [2.24, 2.45) is 5.92 Å². The van der Waals surface area contributed by atoms with Gasteiger partial charge in [-0.25, -0.2) is 0 Å². The number of rotatable bonds is 4. The Morgan fingerprint density at radius 1 is 1.26 bits per heavy atom. The summed E-state index contributed by atoms with van der Waals surface area (Å²) < 4.78 is 0. The molecule has 2 rings (SSSR count). The van der Waals surface area contributed by atoms with E-state index in [1.165, 1.54) is 30.6 Å². The van der Waals surface area contributed by atoms with Gasteiger partial charge in [0.2, 0.25) is 0 Å². The largest absolute Gasteiger partial charge is 0.370 e. The summed E-state index contributed by atoms with van der Waals surface area (Å²) in [6.45, 7) is 10.3. The Morgan fingerprint density at radius 3 is 2.63 bits per heavy atom. The van der Waals surface area contributed by atoms with E-state index in [9.17, 15) is 0 Å². The second kappa shape index (κ2) is 6.95. The zero-order valence-electron chi connectivity index (χ0n) is 12.7. The SMILES string of the molecule is CCc1ccc(N2CCCNC(C(C)CC)C2)cc1. The van der Waals surface area contributed by atoms with Gasteiger partial charge in [0.1, 0.15) is 0 Å². The lowest BCUT2D eigenvalue weighted by molar-refractivity contribution is 0.384. The van der Waals surface area contributed by atoms with Gasteiger partial charge < -0.3 is 10.2 Å². The van der Waals surface area contributed by atoms with Crippen LogP contribution in [0.4, 0.5) is 5.69 Å². The molecule has 19 heavy (non-hydrogen) atoms. The van der Waals surface area contributed by atoms with E-state index in [2.05, 4.69) is 55.3 Å². The topological polar surface area (TPSA) is 15.3 Å². The van der Waals surface area contributed by atoms with Crippen molar-refractivity contribution < 1.29 is 0 Å². The molecule has 2 atom stereocenters. The molecule has 0 saturated carbocycles. The van der Waals surface area contributed by atoms with Crippen LogP contribution in [-0.2, 0) is 6.42 Å². The van der Waals surface area contributed by atoms with Crippen molar-refractivity contribution in [2.75, 3.05) is 24.5 Å². The molecule has 1 fully saturated rings. The molecular weight excluding hydrogens is 232 g/mol. The van der Waals surface area contributed by atoms with Crippen molar-refractivity contribution in [3.63, 3.8) is 0 Å². The van der Waals surface area contributed by atoms with Gasteiger partial charge in [-0.15, -0.1) is 0 Å². The van der Waals surface area contributed by atoms with E-state index in [1.807, 2.05) is 0 Å². The Bertz CT molecular complexity index is 371. The normalized spacial score (nSPS) is 22.1. The van der Waals surface area contributed by atoms with Crippen LogP contribution in [0.1, 0.15) is 39.2 Å². The second-order valence-electron chi connectivity index (χ2n) is 5.77. The predicted molar refractivity (Wildman–Crippen MR) is 83.9 cm³/mol. The van der Waals surface area contributed by atoms with Crippen LogP contribution in [0.25, 0.3) is 0 Å². The number of hydrogen-bond donors (Lipinski definition) is 1. The maximum absolute atomic E-state index is 3.71. The molecular formula is C17H28N2. The third-order valence-electron chi connectivity index (χ3n) is 4.47. The number of benzene rings is 1. The molecule has 0 bridgehead atoms. The highest BCUT2D eigenvalue weighted by atomic mass is 15.2. The Kier molecular flexibility index (Phi) is 5.26. The quantitative estimate of drug-likeness (QED) is 0.892. The molecule has 1 aliphatic heterocycles. The first-order valence-corrected chi connectivity index (χ1v) is 7.81. The van der Waals surface area contributed by atoms with Crippen LogP contribution in [0.15, 0.2) is 24.3 Å². The second-order valence-corrected chi connectivity index (χ2v) is 5.77. The monoisotopic (exact) mass is 260 g/mol. The van der Waals surface area contributed by atoms with Crippen molar-refractivity contribution >= 4 is 5.69 Å². The Labute approximate surface area is 118 Å². The number of anilines is 1. The number of hydrogen-bond acceptors (Lipinski definition) is 2. The fourth-order valence-electron chi connectivity index (χ4n) is 2.79. The van der Waals surface area contributed by atoms with Crippen molar-refractivity contribution in [1.82, 2.24) is 5.32 Å². The zero-order valence-corrected chi connectivity index (χ0v) is 12.7. The van der Waals surface area contributed by atoms with Gasteiger partial charge in [0.25, 0.3) is 0 Å². The summed E-state index contributed by atoms with van der Waals surface area (Å²) in [6.07, 6.45) is 3.61. The third kappa shape index (κ3) is 3.73. The van der Waals surface area contributed by atoms with Crippen molar-refractivity contribution in [2.45, 2.75) is 46.1 Å². The molecule has 1 saturated heterocycles. The maximum atomic E-state index is 3.71. The van der Waals surface area contributed by atoms with E-state index in [1.54, 1.807) is 0 Å². The molecule has 2 unspecified atom stereocenters. The highest BCUT2D eigenvalue weighted by molar-refractivity contribution is 5.48.